The first kappa shape index (κ1) is 23.7. The number of hydrogen-bond donors (Lipinski definition) is 0. The van der Waals surface area contributed by atoms with Gasteiger partial charge < -0.3 is 0 Å². The zero-order valence-corrected chi connectivity index (χ0v) is 22.2. The largest absolute Gasteiger partial charge is 0.294 e. The Labute approximate surface area is 224 Å². The molecule has 0 spiro atoms. The second-order valence-electron chi connectivity index (χ2n) is 8.62. The van der Waals surface area contributed by atoms with Gasteiger partial charge in [0, 0.05) is 5.56 Å². The number of benzene rings is 4. The monoisotopic (exact) mass is 538 g/mol. The van der Waals surface area contributed by atoms with Crippen LogP contribution >= 0.6 is 30.2 Å². The van der Waals surface area contributed by atoms with Gasteiger partial charge in [-0.1, -0.05) is 108 Å². The molecule has 0 radical (unpaired) electrons. The fraction of sp³-hybridized carbons (Fsp3) is 0.0333. The van der Waals surface area contributed by atoms with Crippen molar-refractivity contribution in [2.75, 3.05) is 0 Å². The zero-order chi connectivity index (χ0) is 25.2. The van der Waals surface area contributed by atoms with Crippen molar-refractivity contribution in [2.45, 2.75) is 6.16 Å². The lowest BCUT2D eigenvalue weighted by molar-refractivity contribution is 0.892. The minimum absolute atomic E-state index is 0.120. The van der Waals surface area contributed by atoms with Crippen LogP contribution in [0.15, 0.2) is 126 Å². The number of rotatable bonds is 6. The summed E-state index contributed by atoms with van der Waals surface area (Å²) in [6, 6.07) is 41.3. The first-order valence-corrected chi connectivity index (χ1v) is 15.0. The first-order valence-electron chi connectivity index (χ1n) is 11.9. The van der Waals surface area contributed by atoms with E-state index in [9.17, 15) is 4.79 Å². The quantitative estimate of drug-likeness (QED) is 0.246. The average Bonchev–Trinajstić information content (AvgIpc) is 3.40. The van der Waals surface area contributed by atoms with E-state index in [1.807, 2.05) is 48.5 Å². The highest BCUT2D eigenvalue weighted by molar-refractivity contribution is 7.95. The van der Waals surface area contributed by atoms with E-state index in [0.29, 0.717) is 16.8 Å². The van der Waals surface area contributed by atoms with E-state index in [1.165, 1.54) is 31.8 Å². The molecule has 0 fully saturated rings. The molecule has 2 heterocycles. The summed E-state index contributed by atoms with van der Waals surface area (Å²) in [5, 5.41) is 9.01. The summed E-state index contributed by atoms with van der Waals surface area (Å²) in [6.07, 6.45) is 0.522. The van der Waals surface area contributed by atoms with E-state index in [-0.39, 0.29) is 10.6 Å². The molecule has 7 heteroatoms. The Morgan fingerprint density at radius 2 is 1.16 bits per heavy atom. The van der Waals surface area contributed by atoms with E-state index in [0.717, 1.165) is 10.6 Å². The molecule has 4 nitrogen and oxygen atoms in total. The number of nitrogens with zero attached hydrogens (tertiary/aromatic N) is 3. The molecule has 0 N–H and O–H groups in total. The van der Waals surface area contributed by atoms with Gasteiger partial charge in [-0.3, -0.25) is 4.79 Å². The molecule has 0 saturated heterocycles. The zero-order valence-electron chi connectivity index (χ0n) is 19.7. The second kappa shape index (κ2) is 10.0. The van der Waals surface area contributed by atoms with Crippen LogP contribution in [-0.4, -0.2) is 14.6 Å². The third-order valence-electron chi connectivity index (χ3n) is 6.42. The van der Waals surface area contributed by atoms with E-state index < -0.39 is 7.26 Å². The third-order valence-corrected chi connectivity index (χ3v) is 12.1. The Kier molecular flexibility index (Phi) is 6.43. The lowest BCUT2D eigenvalue weighted by Gasteiger charge is -2.27. The summed E-state index contributed by atoms with van der Waals surface area (Å²) in [4.78, 5) is 18.9. The molecule has 0 atom stereocenters. The molecule has 6 aromatic rings. The summed E-state index contributed by atoms with van der Waals surface area (Å²) >= 11 is 8.18. The van der Waals surface area contributed by atoms with E-state index in [1.54, 1.807) is 0 Å². The molecule has 0 aliphatic rings. The molecule has 0 aliphatic carbocycles. The first-order chi connectivity index (χ1) is 18.2. The molecule has 180 valence electrons. The standard InChI is InChI=1S/C30H22ClN3OPS/c31-27-26(32-30-34(29(27)35)33-28(37-30)22-13-5-1-6-14-22)21-36(23-15-7-2-8-16-23,24-17-9-3-10-18-24)25-19-11-4-12-20-25/h1-20H,21H2/q+1. The van der Waals surface area contributed by atoms with Crippen LogP contribution in [-0.2, 0) is 6.16 Å². The van der Waals surface area contributed by atoms with Crippen molar-refractivity contribution >= 4 is 51.1 Å². The number of aromatic nitrogens is 3. The van der Waals surface area contributed by atoms with Crippen LogP contribution in [0.5, 0.6) is 0 Å². The van der Waals surface area contributed by atoms with Crippen LogP contribution in [0.25, 0.3) is 15.5 Å². The molecule has 37 heavy (non-hydrogen) atoms. The van der Waals surface area contributed by atoms with Gasteiger partial charge in [0.05, 0.1) is 0 Å². The Balaban J connectivity index is 1.59. The van der Waals surface area contributed by atoms with Crippen molar-refractivity contribution < 1.29 is 0 Å². The van der Waals surface area contributed by atoms with Crippen LogP contribution in [0.3, 0.4) is 0 Å². The maximum Gasteiger partial charge on any atom is 0.294 e. The van der Waals surface area contributed by atoms with Crippen LogP contribution in [0, 0.1) is 0 Å². The molecule has 4 aromatic carbocycles. The molecule has 0 aliphatic heterocycles. The highest BCUT2D eigenvalue weighted by Gasteiger charge is 2.46. The lowest BCUT2D eigenvalue weighted by atomic mass is 10.2. The van der Waals surface area contributed by atoms with Gasteiger partial charge in [0.2, 0.25) is 4.96 Å². The van der Waals surface area contributed by atoms with Crippen LogP contribution in [0.1, 0.15) is 5.69 Å². The summed E-state index contributed by atoms with van der Waals surface area (Å²) in [7, 11) is -2.26. The van der Waals surface area contributed by atoms with E-state index in [4.69, 9.17) is 16.6 Å². The van der Waals surface area contributed by atoms with Crippen molar-refractivity contribution in [3.63, 3.8) is 0 Å². The smallest absolute Gasteiger partial charge is 0.266 e. The van der Waals surface area contributed by atoms with Crippen molar-refractivity contribution in [2.24, 2.45) is 0 Å². The number of fused-ring (bicyclic) bond motifs is 1. The van der Waals surface area contributed by atoms with Gasteiger partial charge in [-0.25, -0.2) is 4.98 Å². The molecular weight excluding hydrogens is 517 g/mol. The minimum atomic E-state index is -2.26. The molecule has 0 unspecified atom stereocenters. The van der Waals surface area contributed by atoms with Crippen molar-refractivity contribution in [1.82, 2.24) is 14.6 Å². The van der Waals surface area contributed by atoms with Gasteiger partial charge in [0.1, 0.15) is 45.1 Å². The maximum absolute atomic E-state index is 13.4. The van der Waals surface area contributed by atoms with Crippen molar-refractivity contribution in [3.05, 3.63) is 142 Å². The van der Waals surface area contributed by atoms with E-state index >= 15 is 0 Å². The van der Waals surface area contributed by atoms with E-state index in [2.05, 4.69) is 77.9 Å². The summed E-state index contributed by atoms with van der Waals surface area (Å²) in [5.41, 5.74) is 1.20. The lowest BCUT2D eigenvalue weighted by Crippen LogP contribution is -2.33. The predicted octanol–water partition coefficient (Wildman–Crippen LogP) is 5.97. The Bertz CT molecular complexity index is 1630. The molecule has 0 saturated carbocycles. The summed E-state index contributed by atoms with van der Waals surface area (Å²) in [5.74, 6) is 0. The average molecular weight is 539 g/mol. The van der Waals surface area contributed by atoms with Gasteiger partial charge >= 0.3 is 0 Å². The van der Waals surface area contributed by atoms with Gasteiger partial charge in [-0.15, -0.1) is 0 Å². The maximum atomic E-state index is 13.4. The van der Waals surface area contributed by atoms with Crippen molar-refractivity contribution in [1.29, 1.82) is 0 Å². The SMILES string of the molecule is O=c1c(Cl)c(C[P+](c2ccccc2)(c2ccccc2)c2ccccc2)nc2sc(-c3ccccc3)nn12. The number of hydrogen-bond acceptors (Lipinski definition) is 4. The molecule has 2 aromatic heterocycles. The summed E-state index contributed by atoms with van der Waals surface area (Å²) < 4.78 is 1.33. The van der Waals surface area contributed by atoms with Crippen LogP contribution in [0.4, 0.5) is 0 Å². The highest BCUT2D eigenvalue weighted by atomic mass is 35.5. The van der Waals surface area contributed by atoms with Gasteiger partial charge in [0.25, 0.3) is 5.56 Å². The highest BCUT2D eigenvalue weighted by Crippen LogP contribution is 2.58. The molecule has 0 bridgehead atoms. The Morgan fingerprint density at radius 1 is 0.703 bits per heavy atom. The molecular formula is C30H22ClN3OPS+. The minimum Gasteiger partial charge on any atom is -0.266 e. The number of halogens is 1. The topological polar surface area (TPSA) is 47.3 Å². The fourth-order valence-electron chi connectivity index (χ4n) is 4.66. The van der Waals surface area contributed by atoms with Crippen molar-refractivity contribution in [3.8, 4) is 10.6 Å². The van der Waals surface area contributed by atoms with Crippen LogP contribution < -0.4 is 21.5 Å². The Hall–Kier alpha value is -3.63. The van der Waals surface area contributed by atoms with Crippen LogP contribution in [0.2, 0.25) is 5.02 Å². The van der Waals surface area contributed by atoms with Gasteiger partial charge in [-0.2, -0.15) is 9.61 Å². The second-order valence-corrected chi connectivity index (χ2v) is 13.4. The van der Waals surface area contributed by atoms with Gasteiger partial charge in [-0.05, 0) is 36.4 Å². The normalized spacial score (nSPS) is 11.6. The van der Waals surface area contributed by atoms with Gasteiger partial charge in [0.15, 0.2) is 0 Å². The molecule has 6 rings (SSSR count). The Morgan fingerprint density at radius 3 is 1.65 bits per heavy atom. The third kappa shape index (κ3) is 4.30. The fourth-order valence-corrected chi connectivity index (χ4v) is 10.0. The predicted molar refractivity (Wildman–Crippen MR) is 156 cm³/mol. The summed E-state index contributed by atoms with van der Waals surface area (Å²) in [6.45, 7) is 0. The molecule has 0 amide bonds.